The molecule has 6 heteroatoms. The lowest BCUT2D eigenvalue weighted by molar-refractivity contribution is -0.140. The number of nitrogens with zero attached hydrogens (tertiary/aromatic N) is 2. The Morgan fingerprint density at radius 1 is 1.08 bits per heavy atom. The standard InChI is InChI=1S/C19H18N2O3S/c1-12-9-13(2)11-15(10-12)17-20-21-19(24-17)25-16(18(22)23-3)14-7-5-4-6-8-14/h4-11,16H,1-3H3. The van der Waals surface area contributed by atoms with Gasteiger partial charge in [0.25, 0.3) is 5.22 Å². The molecule has 0 N–H and O–H groups in total. The van der Waals surface area contributed by atoms with Crippen molar-refractivity contribution in [1.82, 2.24) is 10.2 Å². The zero-order valence-electron chi connectivity index (χ0n) is 14.2. The van der Waals surface area contributed by atoms with E-state index in [0.29, 0.717) is 11.1 Å². The Labute approximate surface area is 150 Å². The SMILES string of the molecule is COC(=O)C(Sc1nnc(-c2cc(C)cc(C)c2)o1)c1ccccc1. The smallest absolute Gasteiger partial charge is 0.323 e. The summed E-state index contributed by atoms with van der Waals surface area (Å²) in [5, 5.41) is 7.95. The van der Waals surface area contributed by atoms with Crippen molar-refractivity contribution in [2.24, 2.45) is 0 Å². The molecule has 1 heterocycles. The van der Waals surface area contributed by atoms with Gasteiger partial charge in [0.2, 0.25) is 5.89 Å². The Morgan fingerprint density at radius 3 is 2.40 bits per heavy atom. The van der Waals surface area contributed by atoms with Gasteiger partial charge >= 0.3 is 5.97 Å². The van der Waals surface area contributed by atoms with Gasteiger partial charge in [-0.1, -0.05) is 47.5 Å². The highest BCUT2D eigenvalue weighted by atomic mass is 32.2. The summed E-state index contributed by atoms with van der Waals surface area (Å²) in [5.41, 5.74) is 3.94. The summed E-state index contributed by atoms with van der Waals surface area (Å²) < 4.78 is 10.7. The first-order valence-corrected chi connectivity index (χ1v) is 8.66. The van der Waals surface area contributed by atoms with E-state index in [2.05, 4.69) is 16.3 Å². The quantitative estimate of drug-likeness (QED) is 0.501. The third kappa shape index (κ3) is 4.09. The van der Waals surface area contributed by atoms with Gasteiger partial charge in [-0.3, -0.25) is 4.79 Å². The van der Waals surface area contributed by atoms with E-state index in [4.69, 9.17) is 9.15 Å². The maximum atomic E-state index is 12.1. The predicted molar refractivity (Wildman–Crippen MR) is 96.3 cm³/mol. The van der Waals surface area contributed by atoms with E-state index in [0.717, 1.165) is 22.3 Å². The lowest BCUT2D eigenvalue weighted by Gasteiger charge is -2.12. The molecule has 0 spiro atoms. The number of aryl methyl sites for hydroxylation is 2. The summed E-state index contributed by atoms with van der Waals surface area (Å²) in [4.78, 5) is 12.1. The number of carbonyl (C=O) groups is 1. The van der Waals surface area contributed by atoms with Crippen LogP contribution in [0.1, 0.15) is 21.9 Å². The molecule has 0 fully saturated rings. The van der Waals surface area contributed by atoms with Gasteiger partial charge in [0, 0.05) is 5.56 Å². The molecule has 0 saturated carbocycles. The number of esters is 1. The number of thioether (sulfide) groups is 1. The van der Waals surface area contributed by atoms with E-state index in [-0.39, 0.29) is 5.97 Å². The fourth-order valence-electron chi connectivity index (χ4n) is 2.56. The number of hydrogen-bond acceptors (Lipinski definition) is 6. The first kappa shape index (κ1) is 17.2. The largest absolute Gasteiger partial charge is 0.468 e. The molecule has 1 unspecified atom stereocenters. The number of benzene rings is 2. The molecule has 5 nitrogen and oxygen atoms in total. The molecule has 25 heavy (non-hydrogen) atoms. The molecular weight excluding hydrogens is 336 g/mol. The summed E-state index contributed by atoms with van der Waals surface area (Å²) in [7, 11) is 1.37. The normalized spacial score (nSPS) is 12.0. The number of hydrogen-bond donors (Lipinski definition) is 0. The van der Waals surface area contributed by atoms with Crippen molar-refractivity contribution in [3.8, 4) is 11.5 Å². The minimum absolute atomic E-state index is 0.327. The van der Waals surface area contributed by atoms with Gasteiger partial charge in [-0.15, -0.1) is 10.2 Å². The highest BCUT2D eigenvalue weighted by Crippen LogP contribution is 2.36. The van der Waals surface area contributed by atoms with Gasteiger partial charge in [0.1, 0.15) is 5.25 Å². The molecule has 3 aromatic rings. The van der Waals surface area contributed by atoms with Gasteiger partial charge in [-0.2, -0.15) is 0 Å². The summed E-state index contributed by atoms with van der Waals surface area (Å²) in [5.74, 6) is 0.0772. The monoisotopic (exact) mass is 354 g/mol. The maximum Gasteiger partial charge on any atom is 0.323 e. The van der Waals surface area contributed by atoms with Crippen molar-refractivity contribution in [2.45, 2.75) is 24.3 Å². The van der Waals surface area contributed by atoms with Crippen molar-refractivity contribution in [3.05, 3.63) is 65.2 Å². The van der Waals surface area contributed by atoms with E-state index >= 15 is 0 Å². The van der Waals surface area contributed by atoms with Crippen LogP contribution in [-0.2, 0) is 9.53 Å². The van der Waals surface area contributed by atoms with Crippen molar-refractivity contribution in [3.63, 3.8) is 0 Å². The van der Waals surface area contributed by atoms with Crippen molar-refractivity contribution in [2.75, 3.05) is 7.11 Å². The summed E-state index contributed by atoms with van der Waals surface area (Å²) in [6.45, 7) is 4.04. The topological polar surface area (TPSA) is 65.2 Å². The average molecular weight is 354 g/mol. The minimum atomic E-state index is -0.557. The fraction of sp³-hybridized carbons (Fsp3) is 0.211. The molecule has 0 saturated heterocycles. The van der Waals surface area contributed by atoms with Crippen molar-refractivity contribution < 1.29 is 13.9 Å². The third-order valence-corrected chi connectivity index (χ3v) is 4.68. The van der Waals surface area contributed by atoms with Gasteiger partial charge in [0.05, 0.1) is 7.11 Å². The molecular formula is C19H18N2O3S. The predicted octanol–water partition coefficient (Wildman–Crippen LogP) is 4.36. The van der Waals surface area contributed by atoms with E-state index in [1.165, 1.54) is 18.9 Å². The molecule has 0 aliphatic carbocycles. The van der Waals surface area contributed by atoms with Crippen LogP contribution in [0.2, 0.25) is 0 Å². The van der Waals surface area contributed by atoms with Crippen LogP contribution in [0, 0.1) is 13.8 Å². The van der Waals surface area contributed by atoms with Crippen LogP contribution in [0.3, 0.4) is 0 Å². The number of aromatic nitrogens is 2. The van der Waals surface area contributed by atoms with Crippen LogP contribution in [0.4, 0.5) is 0 Å². The Balaban J connectivity index is 1.87. The average Bonchev–Trinajstić information content (AvgIpc) is 3.08. The van der Waals surface area contributed by atoms with Gasteiger partial charge in [0.15, 0.2) is 0 Å². The van der Waals surface area contributed by atoms with E-state index < -0.39 is 5.25 Å². The second-order valence-electron chi connectivity index (χ2n) is 5.68. The molecule has 3 rings (SSSR count). The molecule has 0 aliphatic rings. The van der Waals surface area contributed by atoms with Crippen molar-refractivity contribution >= 4 is 17.7 Å². The van der Waals surface area contributed by atoms with Crippen LogP contribution in [0.15, 0.2) is 58.2 Å². The first-order chi connectivity index (χ1) is 12.1. The Morgan fingerprint density at radius 2 is 1.76 bits per heavy atom. The van der Waals surface area contributed by atoms with Crippen LogP contribution in [0.5, 0.6) is 0 Å². The summed E-state index contributed by atoms with van der Waals surface area (Å²) in [6.07, 6.45) is 0. The lowest BCUT2D eigenvalue weighted by Crippen LogP contribution is -2.11. The molecule has 0 bridgehead atoms. The molecule has 0 amide bonds. The first-order valence-electron chi connectivity index (χ1n) is 7.78. The van der Waals surface area contributed by atoms with Crippen LogP contribution in [0.25, 0.3) is 11.5 Å². The molecule has 0 aliphatic heterocycles. The number of rotatable bonds is 5. The third-order valence-electron chi connectivity index (χ3n) is 3.61. The summed E-state index contributed by atoms with van der Waals surface area (Å²) >= 11 is 1.18. The zero-order chi connectivity index (χ0) is 17.8. The molecule has 0 radical (unpaired) electrons. The van der Waals surface area contributed by atoms with Gasteiger partial charge in [-0.25, -0.2) is 0 Å². The Bertz CT molecular complexity index is 857. The molecule has 2 aromatic carbocycles. The maximum absolute atomic E-state index is 12.1. The second kappa shape index (κ2) is 7.53. The number of methoxy groups -OCH3 is 1. The van der Waals surface area contributed by atoms with Gasteiger partial charge in [-0.05, 0) is 43.3 Å². The highest BCUT2D eigenvalue weighted by Gasteiger charge is 2.25. The Hall–Kier alpha value is -2.60. The zero-order valence-corrected chi connectivity index (χ0v) is 15.0. The fourth-order valence-corrected chi connectivity index (χ4v) is 3.46. The van der Waals surface area contributed by atoms with Crippen LogP contribution < -0.4 is 0 Å². The van der Waals surface area contributed by atoms with E-state index in [9.17, 15) is 4.79 Å². The lowest BCUT2D eigenvalue weighted by atomic mass is 10.1. The minimum Gasteiger partial charge on any atom is -0.468 e. The van der Waals surface area contributed by atoms with E-state index in [1.54, 1.807) is 0 Å². The molecule has 1 aromatic heterocycles. The number of carbonyl (C=O) groups excluding carboxylic acids is 1. The van der Waals surface area contributed by atoms with Crippen LogP contribution in [-0.4, -0.2) is 23.3 Å². The Kier molecular flexibility index (Phi) is 5.19. The van der Waals surface area contributed by atoms with Gasteiger partial charge < -0.3 is 9.15 Å². The van der Waals surface area contributed by atoms with Crippen LogP contribution >= 0.6 is 11.8 Å². The second-order valence-corrected chi connectivity index (χ2v) is 6.74. The van der Waals surface area contributed by atoms with E-state index in [1.807, 2.05) is 56.3 Å². The molecule has 128 valence electrons. The highest BCUT2D eigenvalue weighted by molar-refractivity contribution is 8.00. The summed E-state index contributed by atoms with van der Waals surface area (Å²) in [6, 6.07) is 15.5. The number of ether oxygens (including phenoxy) is 1. The van der Waals surface area contributed by atoms with Crippen molar-refractivity contribution in [1.29, 1.82) is 0 Å². The molecule has 1 atom stereocenters.